The molecule has 5 heterocycles. The van der Waals surface area contributed by atoms with Gasteiger partial charge in [-0.2, -0.15) is 0 Å². The number of thiazole rings is 1. The second-order valence-corrected chi connectivity index (χ2v) is 11.8. The second-order valence-electron chi connectivity index (χ2n) is 10.9. The summed E-state index contributed by atoms with van der Waals surface area (Å²) in [6.07, 6.45) is 9.26. The van der Waals surface area contributed by atoms with Crippen LogP contribution < -0.4 is 0 Å². The van der Waals surface area contributed by atoms with Crippen LogP contribution in [0.5, 0.6) is 0 Å². The normalized spacial score (nSPS) is 34.6. The first kappa shape index (κ1) is 23.5. The number of ether oxygens (including phenoxy) is 3. The van der Waals surface area contributed by atoms with E-state index < -0.39 is 5.41 Å². The van der Waals surface area contributed by atoms with Crippen molar-refractivity contribution in [3.05, 3.63) is 45.7 Å². The molecule has 3 unspecified atom stereocenters. The minimum atomic E-state index is -0.469. The predicted molar refractivity (Wildman–Crippen MR) is 132 cm³/mol. The fourth-order valence-corrected chi connectivity index (χ4v) is 7.69. The van der Waals surface area contributed by atoms with Crippen LogP contribution in [-0.2, 0) is 32.0 Å². The van der Waals surface area contributed by atoms with E-state index in [-0.39, 0.29) is 24.2 Å². The Bertz CT molecular complexity index is 1060. The van der Waals surface area contributed by atoms with Crippen LogP contribution in [0.4, 0.5) is 0 Å². The highest BCUT2D eigenvalue weighted by Crippen LogP contribution is 2.58. The van der Waals surface area contributed by atoms with Gasteiger partial charge in [-0.25, -0.2) is 4.98 Å². The van der Waals surface area contributed by atoms with Gasteiger partial charge in [0.25, 0.3) is 0 Å². The Morgan fingerprint density at radius 3 is 3.09 bits per heavy atom. The van der Waals surface area contributed by atoms with Gasteiger partial charge in [0.2, 0.25) is 5.91 Å². The summed E-state index contributed by atoms with van der Waals surface area (Å²) >= 11 is 1.63. The van der Waals surface area contributed by atoms with Gasteiger partial charge in [0.05, 0.1) is 24.2 Å². The molecule has 6 atom stereocenters. The molecule has 4 aliphatic rings. The van der Waals surface area contributed by atoms with Gasteiger partial charge in [0.1, 0.15) is 11.1 Å². The smallest absolute Gasteiger partial charge is 0.231 e. The fourth-order valence-electron chi connectivity index (χ4n) is 7.02. The van der Waals surface area contributed by atoms with Gasteiger partial charge in [-0.3, -0.25) is 9.78 Å². The molecular formula is C27H35N3O4S. The van der Waals surface area contributed by atoms with Crippen molar-refractivity contribution in [1.82, 2.24) is 14.9 Å². The molecule has 188 valence electrons. The summed E-state index contributed by atoms with van der Waals surface area (Å²) in [5.41, 5.74) is 3.00. The Morgan fingerprint density at radius 1 is 1.34 bits per heavy atom. The molecule has 0 N–H and O–H groups in total. The molecule has 2 aromatic heterocycles. The maximum Gasteiger partial charge on any atom is 0.231 e. The van der Waals surface area contributed by atoms with E-state index in [1.807, 2.05) is 17.8 Å². The lowest BCUT2D eigenvalue weighted by Gasteiger charge is -2.37. The van der Waals surface area contributed by atoms with Crippen LogP contribution in [0.2, 0.25) is 0 Å². The first-order valence-electron chi connectivity index (χ1n) is 12.9. The first-order valence-corrected chi connectivity index (χ1v) is 13.8. The zero-order valence-corrected chi connectivity index (χ0v) is 21.5. The molecule has 8 heteroatoms. The van der Waals surface area contributed by atoms with Crippen LogP contribution in [0.1, 0.15) is 60.0 Å². The third-order valence-corrected chi connectivity index (χ3v) is 9.56. The summed E-state index contributed by atoms with van der Waals surface area (Å²) in [7, 11) is 1.78. The highest BCUT2D eigenvalue weighted by molar-refractivity contribution is 7.09. The van der Waals surface area contributed by atoms with E-state index in [9.17, 15) is 4.79 Å². The average molecular weight is 498 g/mol. The number of carbonyl (C=O) groups is 1. The summed E-state index contributed by atoms with van der Waals surface area (Å²) in [5, 5.41) is 2.99. The molecule has 1 amide bonds. The van der Waals surface area contributed by atoms with E-state index in [0.29, 0.717) is 25.0 Å². The van der Waals surface area contributed by atoms with Crippen molar-refractivity contribution in [2.24, 2.45) is 17.3 Å². The van der Waals surface area contributed by atoms with Gasteiger partial charge < -0.3 is 19.1 Å². The van der Waals surface area contributed by atoms with Gasteiger partial charge >= 0.3 is 0 Å². The number of methoxy groups -OCH3 is 1. The van der Waals surface area contributed by atoms with E-state index in [0.717, 1.165) is 67.9 Å². The van der Waals surface area contributed by atoms with Gasteiger partial charge in [0.15, 0.2) is 0 Å². The summed E-state index contributed by atoms with van der Waals surface area (Å²) in [5.74, 6) is 1.21. The molecule has 35 heavy (non-hydrogen) atoms. The zero-order chi connectivity index (χ0) is 24.0. The number of fused-ring (bicyclic) bond motifs is 2. The number of aromatic nitrogens is 2. The number of carbonyl (C=O) groups excluding carboxylic acids is 1. The largest absolute Gasteiger partial charge is 0.379 e. The summed E-state index contributed by atoms with van der Waals surface area (Å²) in [4.78, 5) is 25.6. The fraction of sp³-hybridized carbons (Fsp3) is 0.667. The summed E-state index contributed by atoms with van der Waals surface area (Å²) in [6, 6.07) is 2.19. The van der Waals surface area contributed by atoms with Crippen molar-refractivity contribution in [3.63, 3.8) is 0 Å². The van der Waals surface area contributed by atoms with Crippen LogP contribution >= 0.6 is 11.3 Å². The number of pyridine rings is 1. The van der Waals surface area contributed by atoms with Crippen molar-refractivity contribution in [3.8, 4) is 0 Å². The monoisotopic (exact) mass is 497 g/mol. The van der Waals surface area contributed by atoms with Crippen LogP contribution in [-0.4, -0.2) is 59.9 Å². The number of nitrogens with zero attached hydrogens (tertiary/aromatic N) is 3. The predicted octanol–water partition coefficient (Wildman–Crippen LogP) is 4.10. The molecule has 2 saturated heterocycles. The number of amides is 1. The molecule has 0 radical (unpaired) electrons. The third kappa shape index (κ3) is 4.32. The Labute approximate surface area is 211 Å². The van der Waals surface area contributed by atoms with E-state index in [2.05, 4.69) is 27.9 Å². The van der Waals surface area contributed by atoms with Gasteiger partial charge in [-0.1, -0.05) is 6.07 Å². The standard InChI is InChI=1S/C27H35N3O4S/c1-17-9-20-15-30(6-3-21(20)29-14-17)26(31)27-12-18(10-19-4-7-33-16-23(19)32-2)11-24(27)34-22(13-27)25-28-5-8-35-25/h5,8-9,14,18-19,22-24H,3-4,6-7,10-13,15-16H2,1-2H3/t18-,19?,22?,23?,24-,27+/m1/s1. The highest BCUT2D eigenvalue weighted by atomic mass is 32.1. The minimum Gasteiger partial charge on any atom is -0.379 e. The molecule has 3 aliphatic heterocycles. The molecule has 3 fully saturated rings. The number of hydrogen-bond acceptors (Lipinski definition) is 7. The summed E-state index contributed by atoms with van der Waals surface area (Å²) in [6.45, 7) is 4.92. The maximum atomic E-state index is 14.3. The molecule has 2 aromatic rings. The molecule has 0 aromatic carbocycles. The topological polar surface area (TPSA) is 73.8 Å². The van der Waals surface area contributed by atoms with Crippen LogP contribution in [0.3, 0.4) is 0 Å². The molecule has 1 aliphatic carbocycles. The van der Waals surface area contributed by atoms with Gasteiger partial charge in [-0.05, 0) is 62.0 Å². The van der Waals surface area contributed by atoms with Crippen LogP contribution in [0.25, 0.3) is 0 Å². The quantitative estimate of drug-likeness (QED) is 0.619. The lowest BCUT2D eigenvalue weighted by molar-refractivity contribution is -0.145. The third-order valence-electron chi connectivity index (χ3n) is 8.69. The Kier molecular flexibility index (Phi) is 6.41. The molecule has 6 rings (SSSR count). The first-order chi connectivity index (χ1) is 17.1. The Hall–Kier alpha value is -1.87. The molecule has 7 nitrogen and oxygen atoms in total. The Morgan fingerprint density at radius 2 is 2.26 bits per heavy atom. The van der Waals surface area contributed by atoms with E-state index >= 15 is 0 Å². The van der Waals surface area contributed by atoms with Gasteiger partial charge in [-0.15, -0.1) is 11.3 Å². The average Bonchev–Trinajstić information content (AvgIpc) is 3.59. The molecular weight excluding hydrogens is 462 g/mol. The lowest BCUT2D eigenvalue weighted by Crippen LogP contribution is -2.48. The van der Waals surface area contributed by atoms with Crippen molar-refractivity contribution >= 4 is 17.2 Å². The van der Waals surface area contributed by atoms with E-state index in [1.54, 1.807) is 18.4 Å². The molecule has 1 saturated carbocycles. The number of aryl methyl sites for hydroxylation is 1. The highest BCUT2D eigenvalue weighted by Gasteiger charge is 2.61. The number of hydrogen-bond donors (Lipinski definition) is 0. The maximum absolute atomic E-state index is 14.3. The van der Waals surface area contributed by atoms with E-state index in [1.165, 1.54) is 5.56 Å². The molecule has 0 spiro atoms. The Balaban J connectivity index is 1.24. The van der Waals surface area contributed by atoms with E-state index in [4.69, 9.17) is 14.2 Å². The zero-order valence-electron chi connectivity index (χ0n) is 20.7. The van der Waals surface area contributed by atoms with Crippen molar-refractivity contribution in [2.45, 2.75) is 70.3 Å². The van der Waals surface area contributed by atoms with Crippen LogP contribution in [0, 0.1) is 24.2 Å². The summed E-state index contributed by atoms with van der Waals surface area (Å²) < 4.78 is 18.0. The van der Waals surface area contributed by atoms with Crippen molar-refractivity contribution in [1.29, 1.82) is 0 Å². The lowest BCUT2D eigenvalue weighted by atomic mass is 9.77. The van der Waals surface area contributed by atoms with Gasteiger partial charge in [0, 0.05) is 56.7 Å². The van der Waals surface area contributed by atoms with Crippen molar-refractivity contribution in [2.75, 3.05) is 26.9 Å². The molecule has 0 bridgehead atoms. The van der Waals surface area contributed by atoms with Crippen LogP contribution in [0.15, 0.2) is 23.8 Å². The van der Waals surface area contributed by atoms with Crippen molar-refractivity contribution < 1.29 is 19.0 Å². The number of rotatable bonds is 5. The minimum absolute atomic E-state index is 0.0493. The second kappa shape index (κ2) is 9.54. The SMILES string of the molecule is COC1COCCC1C[C@@H]1C[C@H]2OC(c3nccs3)C[C@@]2(C(=O)N2CCc3ncc(C)cc3C2)C1.